The minimum Gasteiger partial charge on any atom is -0.391 e. The van der Waals surface area contributed by atoms with Crippen LogP contribution in [0, 0.1) is 5.92 Å². The number of rotatable bonds is 1. The van der Waals surface area contributed by atoms with Crippen LogP contribution in [0.3, 0.4) is 0 Å². The van der Waals surface area contributed by atoms with Crippen molar-refractivity contribution in [1.29, 1.82) is 0 Å². The maximum atomic E-state index is 11.9. The second-order valence-corrected chi connectivity index (χ2v) is 4.27. The third-order valence-electron chi connectivity index (χ3n) is 3.12. The molecule has 0 aromatic rings. The van der Waals surface area contributed by atoms with Crippen molar-refractivity contribution >= 4 is 5.91 Å². The molecule has 0 saturated carbocycles. The van der Waals surface area contributed by atoms with Crippen molar-refractivity contribution < 1.29 is 9.90 Å². The van der Waals surface area contributed by atoms with E-state index in [0.29, 0.717) is 6.54 Å². The minimum atomic E-state index is -0.296. The van der Waals surface area contributed by atoms with E-state index < -0.39 is 0 Å². The van der Waals surface area contributed by atoms with Crippen molar-refractivity contribution in [3.63, 3.8) is 0 Å². The first-order valence-corrected chi connectivity index (χ1v) is 5.45. The SMILES string of the molecule is O=C(C1CCCNC1)N1CC[C@H](O)C1. The number of hydrogen-bond acceptors (Lipinski definition) is 3. The van der Waals surface area contributed by atoms with Gasteiger partial charge in [0.2, 0.25) is 5.91 Å². The topological polar surface area (TPSA) is 52.6 Å². The molecule has 2 atom stereocenters. The number of aliphatic hydroxyl groups excluding tert-OH is 1. The Morgan fingerprint density at radius 3 is 2.86 bits per heavy atom. The van der Waals surface area contributed by atoms with Gasteiger partial charge in [0.1, 0.15) is 0 Å². The quantitative estimate of drug-likeness (QED) is 0.601. The molecule has 2 aliphatic rings. The third kappa shape index (κ3) is 2.07. The zero-order valence-electron chi connectivity index (χ0n) is 8.41. The van der Waals surface area contributed by atoms with Crippen molar-refractivity contribution in [3.8, 4) is 0 Å². The van der Waals surface area contributed by atoms with Gasteiger partial charge in [-0.1, -0.05) is 0 Å². The minimum absolute atomic E-state index is 0.147. The van der Waals surface area contributed by atoms with Gasteiger partial charge in [-0.15, -0.1) is 0 Å². The standard InChI is InChI=1S/C10H18N2O2/c13-9-3-5-12(7-9)10(14)8-2-1-4-11-6-8/h8-9,11,13H,1-7H2/t8?,9-/m0/s1. The summed E-state index contributed by atoms with van der Waals surface area (Å²) in [6.45, 7) is 3.11. The molecule has 1 amide bonds. The molecule has 1 unspecified atom stereocenters. The summed E-state index contributed by atoms with van der Waals surface area (Å²) in [6, 6.07) is 0. The van der Waals surface area contributed by atoms with E-state index in [1.807, 2.05) is 4.90 Å². The van der Waals surface area contributed by atoms with Crippen LogP contribution in [0.1, 0.15) is 19.3 Å². The number of likely N-dealkylation sites (tertiary alicyclic amines) is 1. The number of carbonyl (C=O) groups excluding carboxylic acids is 1. The molecular formula is C10H18N2O2. The summed E-state index contributed by atoms with van der Waals surface area (Å²) in [5, 5.41) is 12.6. The Bertz CT molecular complexity index is 207. The first kappa shape index (κ1) is 9.93. The number of nitrogens with zero attached hydrogens (tertiary/aromatic N) is 1. The van der Waals surface area contributed by atoms with Gasteiger partial charge < -0.3 is 15.3 Å². The molecule has 2 rings (SSSR count). The molecular weight excluding hydrogens is 180 g/mol. The Labute approximate surface area is 84.3 Å². The van der Waals surface area contributed by atoms with Crippen molar-refractivity contribution in [2.45, 2.75) is 25.4 Å². The number of piperidine rings is 1. The second kappa shape index (κ2) is 4.28. The van der Waals surface area contributed by atoms with Crippen LogP contribution in [-0.2, 0) is 4.79 Å². The molecule has 0 spiro atoms. The van der Waals surface area contributed by atoms with Crippen molar-refractivity contribution in [2.75, 3.05) is 26.2 Å². The molecule has 2 aliphatic heterocycles. The Hall–Kier alpha value is -0.610. The highest BCUT2D eigenvalue weighted by atomic mass is 16.3. The van der Waals surface area contributed by atoms with E-state index in [9.17, 15) is 9.90 Å². The van der Waals surface area contributed by atoms with E-state index in [1.165, 1.54) is 0 Å². The van der Waals surface area contributed by atoms with E-state index in [4.69, 9.17) is 0 Å². The lowest BCUT2D eigenvalue weighted by Crippen LogP contribution is -2.42. The van der Waals surface area contributed by atoms with Gasteiger partial charge in [-0.2, -0.15) is 0 Å². The van der Waals surface area contributed by atoms with Gasteiger partial charge in [-0.3, -0.25) is 4.79 Å². The zero-order chi connectivity index (χ0) is 9.97. The summed E-state index contributed by atoms with van der Waals surface area (Å²) in [5.41, 5.74) is 0. The average molecular weight is 198 g/mol. The van der Waals surface area contributed by atoms with Crippen LogP contribution < -0.4 is 5.32 Å². The zero-order valence-corrected chi connectivity index (χ0v) is 8.41. The van der Waals surface area contributed by atoms with Crippen LogP contribution >= 0.6 is 0 Å². The van der Waals surface area contributed by atoms with Crippen LogP contribution in [0.2, 0.25) is 0 Å². The lowest BCUT2D eigenvalue weighted by Gasteiger charge is -2.26. The highest BCUT2D eigenvalue weighted by Gasteiger charge is 2.30. The summed E-state index contributed by atoms with van der Waals surface area (Å²) in [5.74, 6) is 0.378. The molecule has 0 aliphatic carbocycles. The molecule has 4 nitrogen and oxygen atoms in total. The van der Waals surface area contributed by atoms with E-state index in [1.54, 1.807) is 0 Å². The van der Waals surface area contributed by atoms with Crippen molar-refractivity contribution in [1.82, 2.24) is 10.2 Å². The second-order valence-electron chi connectivity index (χ2n) is 4.27. The first-order valence-electron chi connectivity index (χ1n) is 5.45. The maximum absolute atomic E-state index is 11.9. The lowest BCUT2D eigenvalue weighted by atomic mass is 9.98. The number of carbonyl (C=O) groups is 1. The molecule has 4 heteroatoms. The molecule has 2 N–H and O–H groups in total. The molecule has 0 aromatic heterocycles. The molecule has 2 heterocycles. The van der Waals surface area contributed by atoms with Crippen molar-refractivity contribution in [3.05, 3.63) is 0 Å². The molecule has 14 heavy (non-hydrogen) atoms. The highest BCUT2D eigenvalue weighted by molar-refractivity contribution is 5.79. The van der Waals surface area contributed by atoms with Crippen LogP contribution in [0.25, 0.3) is 0 Å². The summed E-state index contributed by atoms with van der Waals surface area (Å²) in [6.07, 6.45) is 2.53. The smallest absolute Gasteiger partial charge is 0.227 e. The van der Waals surface area contributed by atoms with Gasteiger partial charge in [0.05, 0.1) is 12.0 Å². The van der Waals surface area contributed by atoms with Gasteiger partial charge in [0.15, 0.2) is 0 Å². The summed E-state index contributed by atoms with van der Waals surface area (Å²) in [7, 11) is 0. The van der Waals surface area contributed by atoms with Crippen LogP contribution in [-0.4, -0.2) is 48.2 Å². The van der Waals surface area contributed by atoms with Crippen molar-refractivity contribution in [2.24, 2.45) is 5.92 Å². The fraction of sp³-hybridized carbons (Fsp3) is 0.900. The number of aliphatic hydroxyl groups is 1. The van der Waals surface area contributed by atoms with Gasteiger partial charge in [0.25, 0.3) is 0 Å². The highest BCUT2D eigenvalue weighted by Crippen LogP contribution is 2.17. The predicted molar refractivity (Wildman–Crippen MR) is 52.8 cm³/mol. The number of nitrogens with one attached hydrogen (secondary N) is 1. The fourth-order valence-electron chi connectivity index (χ4n) is 2.26. The molecule has 0 aromatic carbocycles. The van der Waals surface area contributed by atoms with Crippen LogP contribution in [0.5, 0.6) is 0 Å². The molecule has 2 fully saturated rings. The van der Waals surface area contributed by atoms with E-state index >= 15 is 0 Å². The lowest BCUT2D eigenvalue weighted by molar-refractivity contribution is -0.135. The first-order chi connectivity index (χ1) is 6.77. The Kier molecular flexibility index (Phi) is 3.03. The molecule has 0 radical (unpaired) electrons. The predicted octanol–water partition coefficient (Wildman–Crippen LogP) is -0.421. The Balaban J connectivity index is 1.87. The summed E-state index contributed by atoms with van der Waals surface area (Å²) >= 11 is 0. The molecule has 0 bridgehead atoms. The van der Waals surface area contributed by atoms with Crippen LogP contribution in [0.15, 0.2) is 0 Å². The summed E-state index contributed by atoms with van der Waals surface area (Å²) < 4.78 is 0. The fourth-order valence-corrected chi connectivity index (χ4v) is 2.26. The van der Waals surface area contributed by atoms with Crippen LogP contribution in [0.4, 0.5) is 0 Å². The Morgan fingerprint density at radius 1 is 1.43 bits per heavy atom. The summed E-state index contributed by atoms with van der Waals surface area (Å²) in [4.78, 5) is 13.7. The molecule has 80 valence electrons. The number of amides is 1. The van der Waals surface area contributed by atoms with E-state index in [2.05, 4.69) is 5.32 Å². The normalized spacial score (nSPS) is 33.4. The van der Waals surface area contributed by atoms with E-state index in [0.717, 1.165) is 38.9 Å². The monoisotopic (exact) mass is 198 g/mol. The van der Waals surface area contributed by atoms with Gasteiger partial charge in [-0.25, -0.2) is 0 Å². The number of hydrogen-bond donors (Lipinski definition) is 2. The largest absolute Gasteiger partial charge is 0.391 e. The molecule has 2 saturated heterocycles. The van der Waals surface area contributed by atoms with Gasteiger partial charge >= 0.3 is 0 Å². The maximum Gasteiger partial charge on any atom is 0.227 e. The van der Waals surface area contributed by atoms with E-state index in [-0.39, 0.29) is 17.9 Å². The van der Waals surface area contributed by atoms with Gasteiger partial charge in [-0.05, 0) is 25.8 Å². The number of β-amino-alcohol motifs (C(OH)–C–C–N with tert-alkyl or cyclic N) is 1. The third-order valence-corrected chi connectivity index (χ3v) is 3.12. The van der Waals surface area contributed by atoms with Gasteiger partial charge in [0, 0.05) is 19.6 Å². The Morgan fingerprint density at radius 2 is 2.29 bits per heavy atom. The average Bonchev–Trinajstić information content (AvgIpc) is 2.65.